The van der Waals surface area contributed by atoms with Crippen molar-refractivity contribution < 1.29 is 35.5 Å². The van der Waals surface area contributed by atoms with Gasteiger partial charge in [-0.25, -0.2) is 4.39 Å². The molecule has 2 nitrogen and oxygen atoms in total. The smallest absolute Gasteiger partial charge is 0.416 e. The number of benzene rings is 3. The molecule has 0 saturated heterocycles. The molecular formula is C25H15ClF7NO. The lowest BCUT2D eigenvalue weighted by Gasteiger charge is -2.15. The Morgan fingerprint density at radius 1 is 0.771 bits per heavy atom. The van der Waals surface area contributed by atoms with Crippen molar-refractivity contribution >= 4 is 22.5 Å². The summed E-state index contributed by atoms with van der Waals surface area (Å²) in [5, 5.41) is 0.516. The number of hydrogen-bond acceptors (Lipinski definition) is 2. The van der Waals surface area contributed by atoms with E-state index >= 15 is 0 Å². The number of aryl methyl sites for hydroxylation is 1. The first-order valence-electron chi connectivity index (χ1n) is 10.0. The summed E-state index contributed by atoms with van der Waals surface area (Å²) in [6.45, 7) is 1.67. The van der Waals surface area contributed by atoms with E-state index in [-0.39, 0.29) is 28.0 Å². The lowest BCUT2D eigenvalue weighted by molar-refractivity contribution is -0.143. The number of fused-ring (bicyclic) bond motifs is 1. The summed E-state index contributed by atoms with van der Waals surface area (Å²) >= 11 is 6.55. The maximum absolute atomic E-state index is 14.2. The van der Waals surface area contributed by atoms with Gasteiger partial charge >= 0.3 is 12.4 Å². The fraction of sp³-hybridized carbons (Fsp3) is 0.160. The molecule has 10 heteroatoms. The second-order valence-corrected chi connectivity index (χ2v) is 8.14. The molecular weight excluding hydrogens is 499 g/mol. The summed E-state index contributed by atoms with van der Waals surface area (Å²) in [5.41, 5.74) is -1.06. The molecule has 1 heterocycles. The third-order valence-electron chi connectivity index (χ3n) is 5.47. The minimum atomic E-state index is -4.95. The van der Waals surface area contributed by atoms with E-state index in [9.17, 15) is 30.7 Å². The van der Waals surface area contributed by atoms with Crippen molar-refractivity contribution in [2.24, 2.45) is 0 Å². The molecule has 4 aromatic rings. The molecule has 0 fully saturated rings. The standard InChI is InChI=1S/C25H15ClF7NO/c1-12-22(23(26)18-10-19(27)21(35-2)11-20(18)34-12)14-5-3-13(4-6-14)15-7-16(24(28,29)30)9-17(8-15)25(31,32)33/h3-11H,1-2H3. The number of pyridine rings is 1. The van der Waals surface area contributed by atoms with E-state index in [1.54, 1.807) is 6.92 Å². The van der Waals surface area contributed by atoms with Crippen LogP contribution in [0.5, 0.6) is 5.75 Å². The first-order chi connectivity index (χ1) is 16.3. The molecule has 0 atom stereocenters. The van der Waals surface area contributed by atoms with Crippen LogP contribution in [0.2, 0.25) is 5.02 Å². The van der Waals surface area contributed by atoms with Crippen LogP contribution in [0.1, 0.15) is 16.8 Å². The Labute approximate surface area is 199 Å². The maximum Gasteiger partial charge on any atom is 0.416 e. The predicted molar refractivity (Wildman–Crippen MR) is 119 cm³/mol. The quantitative estimate of drug-likeness (QED) is 0.256. The van der Waals surface area contributed by atoms with Crippen LogP contribution in [-0.2, 0) is 12.4 Å². The average Bonchev–Trinajstić information content (AvgIpc) is 2.78. The highest BCUT2D eigenvalue weighted by Crippen LogP contribution is 2.41. The van der Waals surface area contributed by atoms with E-state index in [2.05, 4.69) is 4.98 Å². The third kappa shape index (κ3) is 4.77. The second kappa shape index (κ2) is 8.71. The summed E-state index contributed by atoms with van der Waals surface area (Å²) in [5.74, 6) is -0.643. The maximum atomic E-state index is 14.2. The van der Waals surface area contributed by atoms with Crippen LogP contribution in [0.15, 0.2) is 54.6 Å². The molecule has 4 rings (SSSR count). The van der Waals surface area contributed by atoms with Crippen molar-refractivity contribution in [1.82, 2.24) is 4.98 Å². The summed E-state index contributed by atoms with van der Waals surface area (Å²) < 4.78 is 98.4. The molecule has 0 unspecified atom stereocenters. The van der Waals surface area contributed by atoms with Gasteiger partial charge in [0.25, 0.3) is 0 Å². The molecule has 3 aromatic carbocycles. The molecule has 0 aliphatic rings. The topological polar surface area (TPSA) is 22.1 Å². The van der Waals surface area contributed by atoms with Gasteiger partial charge in [0.2, 0.25) is 0 Å². The summed E-state index contributed by atoms with van der Waals surface area (Å²) in [6, 6.07) is 9.78. The molecule has 0 saturated carbocycles. The van der Waals surface area contributed by atoms with Crippen LogP contribution in [0.25, 0.3) is 33.2 Å². The Balaban J connectivity index is 1.81. The second-order valence-electron chi connectivity index (χ2n) is 7.76. The predicted octanol–water partition coefficient (Wildman–Crippen LogP) is 8.72. The number of aromatic nitrogens is 1. The van der Waals surface area contributed by atoms with Gasteiger partial charge in [-0.05, 0) is 47.9 Å². The van der Waals surface area contributed by atoms with Crippen molar-refractivity contribution in [2.75, 3.05) is 7.11 Å². The summed E-state index contributed by atoms with van der Waals surface area (Å²) in [6.07, 6.45) is -9.90. The van der Waals surface area contributed by atoms with E-state index < -0.39 is 29.3 Å². The normalized spacial score (nSPS) is 12.3. The van der Waals surface area contributed by atoms with Crippen LogP contribution in [0, 0.1) is 12.7 Å². The van der Waals surface area contributed by atoms with E-state index in [0.29, 0.717) is 39.9 Å². The number of methoxy groups -OCH3 is 1. The number of alkyl halides is 6. The van der Waals surface area contributed by atoms with Gasteiger partial charge in [0, 0.05) is 22.7 Å². The van der Waals surface area contributed by atoms with Gasteiger partial charge in [0.05, 0.1) is 28.8 Å². The average molecular weight is 514 g/mol. The fourth-order valence-corrected chi connectivity index (χ4v) is 4.18. The highest BCUT2D eigenvalue weighted by Gasteiger charge is 2.37. The Kier molecular flexibility index (Phi) is 6.17. The minimum absolute atomic E-state index is 0.00289. The summed E-state index contributed by atoms with van der Waals surface area (Å²) in [4.78, 5) is 4.44. The highest BCUT2D eigenvalue weighted by molar-refractivity contribution is 6.38. The molecule has 0 aliphatic carbocycles. The van der Waals surface area contributed by atoms with Crippen LogP contribution in [-0.4, -0.2) is 12.1 Å². The molecule has 0 spiro atoms. The molecule has 0 bridgehead atoms. The Morgan fingerprint density at radius 2 is 1.31 bits per heavy atom. The van der Waals surface area contributed by atoms with Gasteiger partial charge in [-0.15, -0.1) is 0 Å². The van der Waals surface area contributed by atoms with E-state index in [1.807, 2.05) is 0 Å². The number of rotatable bonds is 3. The van der Waals surface area contributed by atoms with Gasteiger partial charge in [-0.2, -0.15) is 26.3 Å². The molecule has 35 heavy (non-hydrogen) atoms. The molecule has 1 aromatic heterocycles. The zero-order chi connectivity index (χ0) is 25.7. The molecule has 182 valence electrons. The van der Waals surface area contributed by atoms with E-state index in [4.69, 9.17) is 16.3 Å². The first kappa shape index (κ1) is 24.8. The van der Waals surface area contributed by atoms with Crippen molar-refractivity contribution in [2.45, 2.75) is 19.3 Å². The fourth-order valence-electron chi connectivity index (χ4n) is 3.78. The van der Waals surface area contributed by atoms with Crippen molar-refractivity contribution in [3.63, 3.8) is 0 Å². The number of ether oxygens (including phenoxy) is 1. The van der Waals surface area contributed by atoms with Gasteiger partial charge in [-0.3, -0.25) is 4.98 Å². The number of halogens is 8. The first-order valence-corrected chi connectivity index (χ1v) is 10.4. The van der Waals surface area contributed by atoms with Crippen molar-refractivity contribution in [3.8, 4) is 28.0 Å². The molecule has 0 N–H and O–H groups in total. The zero-order valence-electron chi connectivity index (χ0n) is 18.1. The molecule has 0 aliphatic heterocycles. The van der Waals surface area contributed by atoms with Crippen molar-refractivity contribution in [3.05, 3.63) is 82.3 Å². The van der Waals surface area contributed by atoms with Crippen LogP contribution in [0.3, 0.4) is 0 Å². The largest absolute Gasteiger partial charge is 0.494 e. The summed E-state index contributed by atoms with van der Waals surface area (Å²) in [7, 11) is 1.32. The Morgan fingerprint density at radius 3 is 1.83 bits per heavy atom. The lowest BCUT2D eigenvalue weighted by Crippen LogP contribution is -2.11. The monoisotopic (exact) mass is 513 g/mol. The Hall–Kier alpha value is -3.33. The van der Waals surface area contributed by atoms with E-state index in [0.717, 1.165) is 0 Å². The van der Waals surface area contributed by atoms with Gasteiger partial charge in [0.15, 0.2) is 11.6 Å². The van der Waals surface area contributed by atoms with Gasteiger partial charge in [-0.1, -0.05) is 35.9 Å². The minimum Gasteiger partial charge on any atom is -0.494 e. The van der Waals surface area contributed by atoms with Crippen LogP contribution >= 0.6 is 11.6 Å². The highest BCUT2D eigenvalue weighted by atomic mass is 35.5. The van der Waals surface area contributed by atoms with Crippen molar-refractivity contribution in [1.29, 1.82) is 0 Å². The molecule has 0 radical (unpaired) electrons. The third-order valence-corrected chi connectivity index (χ3v) is 5.86. The number of hydrogen-bond donors (Lipinski definition) is 0. The Bertz CT molecular complexity index is 1400. The van der Waals surface area contributed by atoms with Crippen LogP contribution < -0.4 is 4.74 Å². The zero-order valence-corrected chi connectivity index (χ0v) is 18.8. The van der Waals surface area contributed by atoms with Gasteiger partial charge < -0.3 is 4.74 Å². The van der Waals surface area contributed by atoms with E-state index in [1.165, 1.54) is 43.5 Å². The van der Waals surface area contributed by atoms with Gasteiger partial charge in [0.1, 0.15) is 0 Å². The molecule has 0 amide bonds. The SMILES string of the molecule is COc1cc2nc(C)c(-c3ccc(-c4cc(C(F)(F)F)cc(C(F)(F)F)c4)cc3)c(Cl)c2cc1F. The van der Waals surface area contributed by atoms with Crippen LogP contribution in [0.4, 0.5) is 30.7 Å². The lowest BCUT2D eigenvalue weighted by atomic mass is 9.96. The number of nitrogens with zero attached hydrogens (tertiary/aromatic N) is 1.